The smallest absolute Gasteiger partial charge is 0.216 e. The number of rotatable bonds is 6. The third kappa shape index (κ3) is 3.96. The molecule has 1 aromatic carbocycles. The van der Waals surface area contributed by atoms with Crippen LogP contribution in [-0.2, 0) is 4.79 Å². The zero-order chi connectivity index (χ0) is 17.8. The number of hydrogen-bond donors (Lipinski definition) is 2. The Hall–Kier alpha value is -2.47. The zero-order valence-electron chi connectivity index (χ0n) is 14.7. The molecule has 2 aromatic heterocycles. The third-order valence-electron chi connectivity index (χ3n) is 4.05. The molecule has 0 saturated heterocycles. The van der Waals surface area contributed by atoms with Gasteiger partial charge in [-0.1, -0.05) is 38.1 Å². The van der Waals surface area contributed by atoms with Gasteiger partial charge in [-0.15, -0.1) is 11.3 Å². The SMILES string of the molecule is CC(=O)NCCNc1ncnc2scc(-c3ccc(C(C)C)cc3)c12. The molecule has 6 heteroatoms. The van der Waals surface area contributed by atoms with Gasteiger partial charge in [-0.25, -0.2) is 9.97 Å². The number of amides is 1. The Morgan fingerprint density at radius 3 is 2.60 bits per heavy atom. The second kappa shape index (κ2) is 7.61. The normalized spacial score (nSPS) is 11.0. The second-order valence-electron chi connectivity index (χ2n) is 6.24. The van der Waals surface area contributed by atoms with Crippen LogP contribution in [0.15, 0.2) is 36.0 Å². The van der Waals surface area contributed by atoms with Crippen LogP contribution < -0.4 is 10.6 Å². The number of carbonyl (C=O) groups is 1. The average Bonchev–Trinajstić information content (AvgIpc) is 3.03. The van der Waals surface area contributed by atoms with E-state index in [0.29, 0.717) is 19.0 Å². The number of anilines is 1. The lowest BCUT2D eigenvalue weighted by molar-refractivity contribution is -0.118. The fourth-order valence-electron chi connectivity index (χ4n) is 2.69. The van der Waals surface area contributed by atoms with Crippen LogP contribution in [0.3, 0.4) is 0 Å². The van der Waals surface area contributed by atoms with E-state index in [-0.39, 0.29) is 5.91 Å². The Morgan fingerprint density at radius 2 is 1.92 bits per heavy atom. The zero-order valence-corrected chi connectivity index (χ0v) is 15.5. The summed E-state index contributed by atoms with van der Waals surface area (Å²) in [7, 11) is 0. The minimum atomic E-state index is -0.0314. The lowest BCUT2D eigenvalue weighted by Gasteiger charge is -2.10. The summed E-state index contributed by atoms with van der Waals surface area (Å²) in [6.07, 6.45) is 1.57. The van der Waals surface area contributed by atoms with Crippen molar-refractivity contribution in [2.45, 2.75) is 26.7 Å². The molecule has 0 atom stereocenters. The third-order valence-corrected chi connectivity index (χ3v) is 4.94. The van der Waals surface area contributed by atoms with Crippen molar-refractivity contribution in [3.8, 4) is 11.1 Å². The Kier molecular flexibility index (Phi) is 5.28. The molecule has 0 aliphatic rings. The molecule has 130 valence electrons. The molecule has 5 nitrogen and oxygen atoms in total. The number of nitrogens with one attached hydrogen (secondary N) is 2. The number of hydrogen-bond acceptors (Lipinski definition) is 5. The molecule has 0 spiro atoms. The monoisotopic (exact) mass is 354 g/mol. The fraction of sp³-hybridized carbons (Fsp3) is 0.316. The predicted molar refractivity (Wildman–Crippen MR) is 104 cm³/mol. The van der Waals surface area contributed by atoms with Gasteiger partial charge in [0.2, 0.25) is 5.91 Å². The number of thiophene rings is 1. The molecular formula is C19H22N4OS. The van der Waals surface area contributed by atoms with Crippen molar-refractivity contribution in [1.29, 1.82) is 0 Å². The molecule has 0 unspecified atom stereocenters. The van der Waals surface area contributed by atoms with E-state index < -0.39 is 0 Å². The minimum absolute atomic E-state index is 0.0314. The first-order valence-corrected chi connectivity index (χ1v) is 9.25. The molecule has 3 aromatic rings. The van der Waals surface area contributed by atoms with Crippen molar-refractivity contribution < 1.29 is 4.79 Å². The van der Waals surface area contributed by atoms with Gasteiger partial charge in [-0.05, 0) is 17.0 Å². The maximum absolute atomic E-state index is 11.0. The molecule has 0 aliphatic carbocycles. The van der Waals surface area contributed by atoms with Crippen LogP contribution in [-0.4, -0.2) is 29.0 Å². The maximum atomic E-state index is 11.0. The van der Waals surface area contributed by atoms with Crippen molar-refractivity contribution in [3.63, 3.8) is 0 Å². The first-order valence-electron chi connectivity index (χ1n) is 8.37. The van der Waals surface area contributed by atoms with Crippen molar-refractivity contribution in [3.05, 3.63) is 41.5 Å². The predicted octanol–water partition coefficient (Wildman–Crippen LogP) is 4.03. The molecule has 1 amide bonds. The molecule has 0 bridgehead atoms. The van der Waals surface area contributed by atoms with Crippen molar-refractivity contribution in [2.75, 3.05) is 18.4 Å². The number of benzene rings is 1. The van der Waals surface area contributed by atoms with Crippen molar-refractivity contribution in [2.24, 2.45) is 0 Å². The van der Waals surface area contributed by atoms with E-state index in [9.17, 15) is 4.79 Å². The van der Waals surface area contributed by atoms with E-state index in [1.54, 1.807) is 17.7 Å². The second-order valence-corrected chi connectivity index (χ2v) is 7.10. The number of nitrogens with zero attached hydrogens (tertiary/aromatic N) is 2. The summed E-state index contributed by atoms with van der Waals surface area (Å²) in [5.74, 6) is 1.29. The number of fused-ring (bicyclic) bond motifs is 1. The van der Waals surface area contributed by atoms with E-state index >= 15 is 0 Å². The topological polar surface area (TPSA) is 66.9 Å². The molecule has 0 radical (unpaired) electrons. The quantitative estimate of drug-likeness (QED) is 0.656. The molecule has 2 heterocycles. The van der Waals surface area contributed by atoms with Crippen LogP contribution in [0.5, 0.6) is 0 Å². The standard InChI is InChI=1S/C19H22N4OS/c1-12(2)14-4-6-15(7-5-14)16-10-25-19-17(16)18(22-11-23-19)21-9-8-20-13(3)24/h4-7,10-12H,8-9H2,1-3H3,(H,20,24)(H,21,22,23). The van der Waals surface area contributed by atoms with Gasteiger partial charge in [0.1, 0.15) is 17.0 Å². The summed E-state index contributed by atoms with van der Waals surface area (Å²) < 4.78 is 0. The van der Waals surface area contributed by atoms with Gasteiger partial charge in [-0.2, -0.15) is 0 Å². The van der Waals surface area contributed by atoms with Crippen LogP contribution in [0, 0.1) is 0 Å². The summed E-state index contributed by atoms with van der Waals surface area (Å²) in [5.41, 5.74) is 3.63. The van der Waals surface area contributed by atoms with Gasteiger partial charge < -0.3 is 10.6 Å². The highest BCUT2D eigenvalue weighted by atomic mass is 32.1. The first kappa shape index (κ1) is 17.4. The number of carbonyl (C=O) groups excluding carboxylic acids is 1. The lowest BCUT2D eigenvalue weighted by Crippen LogP contribution is -2.26. The van der Waals surface area contributed by atoms with Crippen LogP contribution in [0.4, 0.5) is 5.82 Å². The molecular weight excluding hydrogens is 332 g/mol. The molecule has 0 saturated carbocycles. The highest BCUT2D eigenvalue weighted by molar-refractivity contribution is 7.17. The molecule has 0 aliphatic heterocycles. The Morgan fingerprint density at radius 1 is 1.16 bits per heavy atom. The van der Waals surface area contributed by atoms with Gasteiger partial charge in [0.25, 0.3) is 0 Å². The number of aromatic nitrogens is 2. The van der Waals surface area contributed by atoms with Crippen LogP contribution >= 0.6 is 11.3 Å². The average molecular weight is 354 g/mol. The van der Waals surface area contributed by atoms with Gasteiger partial charge in [0, 0.05) is 31.0 Å². The van der Waals surface area contributed by atoms with Gasteiger partial charge in [0.15, 0.2) is 0 Å². The van der Waals surface area contributed by atoms with Crippen molar-refractivity contribution >= 4 is 33.3 Å². The molecule has 2 N–H and O–H groups in total. The van der Waals surface area contributed by atoms with E-state index in [2.05, 4.69) is 64.1 Å². The van der Waals surface area contributed by atoms with E-state index in [0.717, 1.165) is 27.2 Å². The highest BCUT2D eigenvalue weighted by Crippen LogP contribution is 2.36. The van der Waals surface area contributed by atoms with E-state index in [1.807, 2.05) is 0 Å². The Bertz CT molecular complexity index is 871. The molecule has 3 rings (SSSR count). The summed E-state index contributed by atoms with van der Waals surface area (Å²) in [6, 6.07) is 8.67. The Balaban J connectivity index is 1.89. The summed E-state index contributed by atoms with van der Waals surface area (Å²) >= 11 is 1.62. The largest absolute Gasteiger partial charge is 0.368 e. The van der Waals surface area contributed by atoms with Gasteiger partial charge in [-0.3, -0.25) is 4.79 Å². The maximum Gasteiger partial charge on any atom is 0.216 e. The van der Waals surface area contributed by atoms with Crippen molar-refractivity contribution in [1.82, 2.24) is 15.3 Å². The van der Waals surface area contributed by atoms with E-state index in [4.69, 9.17) is 0 Å². The van der Waals surface area contributed by atoms with Gasteiger partial charge in [0.05, 0.1) is 5.39 Å². The fourth-order valence-corrected chi connectivity index (χ4v) is 3.60. The van der Waals surface area contributed by atoms with E-state index in [1.165, 1.54) is 12.5 Å². The van der Waals surface area contributed by atoms with Crippen LogP contribution in [0.2, 0.25) is 0 Å². The summed E-state index contributed by atoms with van der Waals surface area (Å²) in [5, 5.41) is 9.25. The highest BCUT2D eigenvalue weighted by Gasteiger charge is 2.13. The van der Waals surface area contributed by atoms with Crippen LogP contribution in [0.1, 0.15) is 32.3 Å². The molecule has 25 heavy (non-hydrogen) atoms. The van der Waals surface area contributed by atoms with Crippen LogP contribution in [0.25, 0.3) is 21.3 Å². The molecule has 0 fully saturated rings. The first-order chi connectivity index (χ1) is 12.1. The summed E-state index contributed by atoms with van der Waals surface area (Å²) in [6.45, 7) is 7.08. The van der Waals surface area contributed by atoms with Gasteiger partial charge >= 0.3 is 0 Å². The lowest BCUT2D eigenvalue weighted by atomic mass is 9.99. The minimum Gasteiger partial charge on any atom is -0.368 e. The Labute approximate surface area is 151 Å². The summed E-state index contributed by atoms with van der Waals surface area (Å²) in [4.78, 5) is 20.7.